The Hall–Kier alpha value is -4.25. The molecule has 0 saturated carbocycles. The molecule has 17 nitrogen and oxygen atoms in total. The van der Waals surface area contributed by atoms with Crippen molar-refractivity contribution in [2.75, 3.05) is 19.6 Å². The van der Waals surface area contributed by atoms with Gasteiger partial charge in [-0.1, -0.05) is 20.3 Å². The average Bonchev–Trinajstić information content (AvgIpc) is 3.72. The van der Waals surface area contributed by atoms with Gasteiger partial charge in [0.15, 0.2) is 5.96 Å². The standard InChI is InChI=1S/C29H51N11O6/c1-3-17(2)23(39-24(41)19(31)8-6-12-35-29(32)33)26(43)37-20(9-4-5-11-30)27(44)40-13-7-10-22(40)25(42)38-21(28(45)46)14-18-15-34-16-36-18/h15-17,19-23H,3-14,30-31H2,1-2H3,(H,34,36)(H,37,43)(H,38,42)(H,39,41)(H,45,46)(H4,32,33,35). The van der Waals surface area contributed by atoms with E-state index < -0.39 is 59.8 Å². The number of carboxylic acids is 1. The van der Waals surface area contributed by atoms with Crippen molar-refractivity contribution < 1.29 is 29.1 Å². The molecular formula is C29H51N11O6. The highest BCUT2D eigenvalue weighted by Crippen LogP contribution is 2.21. The molecule has 258 valence electrons. The second-order valence-corrected chi connectivity index (χ2v) is 11.6. The number of nitrogens with two attached hydrogens (primary N) is 4. The van der Waals surface area contributed by atoms with Gasteiger partial charge in [-0.3, -0.25) is 24.2 Å². The molecule has 1 saturated heterocycles. The van der Waals surface area contributed by atoms with Crippen LogP contribution in [0.15, 0.2) is 17.5 Å². The summed E-state index contributed by atoms with van der Waals surface area (Å²) < 4.78 is 0. The predicted octanol–water partition coefficient (Wildman–Crippen LogP) is -1.96. The minimum absolute atomic E-state index is 0.0117. The number of carbonyl (C=O) groups is 5. The number of carbonyl (C=O) groups excluding carboxylic acids is 4. The number of imidazole rings is 1. The maximum absolute atomic E-state index is 13.9. The number of hydrogen-bond acceptors (Lipinski definition) is 9. The zero-order chi connectivity index (χ0) is 34.2. The van der Waals surface area contributed by atoms with Gasteiger partial charge in [-0.05, 0) is 57.4 Å². The smallest absolute Gasteiger partial charge is 0.326 e. The zero-order valence-electron chi connectivity index (χ0n) is 26.7. The van der Waals surface area contributed by atoms with Crippen LogP contribution in [0.1, 0.15) is 70.9 Å². The number of aliphatic carboxylic acids is 1. The third-order valence-corrected chi connectivity index (χ3v) is 8.09. The number of aromatic amines is 1. The van der Waals surface area contributed by atoms with Crippen LogP contribution in [0.25, 0.3) is 0 Å². The molecule has 1 fully saturated rings. The molecule has 6 unspecified atom stereocenters. The van der Waals surface area contributed by atoms with E-state index in [1.807, 2.05) is 13.8 Å². The summed E-state index contributed by atoms with van der Waals surface area (Å²) in [5.41, 5.74) is 22.9. The van der Waals surface area contributed by atoms with E-state index in [4.69, 9.17) is 22.9 Å². The summed E-state index contributed by atoms with van der Waals surface area (Å²) in [5.74, 6) is -3.69. The molecule has 2 heterocycles. The summed E-state index contributed by atoms with van der Waals surface area (Å²) in [6, 6.07) is -5.01. The van der Waals surface area contributed by atoms with E-state index in [0.717, 1.165) is 0 Å². The number of rotatable bonds is 20. The molecule has 0 spiro atoms. The maximum Gasteiger partial charge on any atom is 0.326 e. The summed E-state index contributed by atoms with van der Waals surface area (Å²) in [7, 11) is 0. The van der Waals surface area contributed by atoms with Crippen LogP contribution in [-0.4, -0.2) is 105 Å². The van der Waals surface area contributed by atoms with Gasteiger partial charge in [0.25, 0.3) is 0 Å². The lowest BCUT2D eigenvalue weighted by Gasteiger charge is -2.31. The fourth-order valence-electron chi connectivity index (χ4n) is 5.21. The van der Waals surface area contributed by atoms with Gasteiger partial charge < -0.3 is 53.9 Å². The number of H-pyrrole nitrogens is 1. The first-order valence-electron chi connectivity index (χ1n) is 15.8. The highest BCUT2D eigenvalue weighted by Gasteiger charge is 2.40. The summed E-state index contributed by atoms with van der Waals surface area (Å²) in [4.78, 5) is 77.6. The number of carboxylic acid groups (broad SMARTS) is 1. The Morgan fingerprint density at radius 2 is 1.83 bits per heavy atom. The third-order valence-electron chi connectivity index (χ3n) is 8.09. The SMILES string of the molecule is CCC(C)C(NC(=O)C(N)CCCN=C(N)N)C(=O)NC(CCCCN)C(=O)N1CCCC1C(=O)NC(Cc1cnc[nH]1)C(=O)O. The third kappa shape index (κ3) is 11.9. The van der Waals surface area contributed by atoms with Crippen molar-refractivity contribution in [2.24, 2.45) is 33.8 Å². The first-order chi connectivity index (χ1) is 21.9. The largest absolute Gasteiger partial charge is 0.480 e. The highest BCUT2D eigenvalue weighted by molar-refractivity contribution is 5.95. The van der Waals surface area contributed by atoms with Crippen molar-refractivity contribution in [3.05, 3.63) is 18.2 Å². The number of nitrogens with one attached hydrogen (secondary N) is 4. The molecule has 1 aromatic heterocycles. The van der Waals surface area contributed by atoms with Crippen molar-refractivity contribution in [2.45, 2.75) is 102 Å². The van der Waals surface area contributed by atoms with Gasteiger partial charge in [0.2, 0.25) is 23.6 Å². The summed E-state index contributed by atoms with van der Waals surface area (Å²) >= 11 is 0. The van der Waals surface area contributed by atoms with Gasteiger partial charge >= 0.3 is 5.97 Å². The van der Waals surface area contributed by atoms with Crippen LogP contribution in [0.3, 0.4) is 0 Å². The van der Waals surface area contributed by atoms with E-state index in [1.165, 1.54) is 17.4 Å². The molecule has 1 aliphatic heterocycles. The second kappa shape index (κ2) is 19.3. The molecule has 4 amide bonds. The van der Waals surface area contributed by atoms with Gasteiger partial charge in [-0.2, -0.15) is 0 Å². The molecule has 2 rings (SSSR count). The molecule has 46 heavy (non-hydrogen) atoms. The lowest BCUT2D eigenvalue weighted by Crippen LogP contribution is -2.59. The van der Waals surface area contributed by atoms with Crippen molar-refractivity contribution in [3.8, 4) is 0 Å². The average molecular weight is 650 g/mol. The van der Waals surface area contributed by atoms with Gasteiger partial charge in [-0.25, -0.2) is 9.78 Å². The number of nitrogens with zero attached hydrogens (tertiary/aromatic N) is 3. The summed E-state index contributed by atoms with van der Waals surface area (Å²) in [6.45, 7) is 4.65. The Kier molecular flexibility index (Phi) is 15.9. The fraction of sp³-hybridized carbons (Fsp3) is 0.690. The van der Waals surface area contributed by atoms with Gasteiger partial charge in [-0.15, -0.1) is 0 Å². The molecule has 1 aliphatic rings. The number of aliphatic imine (C=N–C) groups is 1. The Bertz CT molecular complexity index is 1170. The molecule has 13 N–H and O–H groups in total. The van der Waals surface area contributed by atoms with Crippen LogP contribution in [-0.2, 0) is 30.4 Å². The quantitative estimate of drug-likeness (QED) is 0.0424. The topological polar surface area (TPSA) is 290 Å². The zero-order valence-corrected chi connectivity index (χ0v) is 26.7. The predicted molar refractivity (Wildman–Crippen MR) is 171 cm³/mol. The van der Waals surface area contributed by atoms with Crippen molar-refractivity contribution in [1.82, 2.24) is 30.8 Å². The Labute approximate surface area is 269 Å². The molecule has 0 bridgehead atoms. The Balaban J connectivity index is 2.16. The monoisotopic (exact) mass is 649 g/mol. The number of likely N-dealkylation sites (tertiary alicyclic amines) is 1. The molecule has 6 atom stereocenters. The highest BCUT2D eigenvalue weighted by atomic mass is 16.4. The Morgan fingerprint density at radius 1 is 1.09 bits per heavy atom. The van der Waals surface area contributed by atoms with E-state index >= 15 is 0 Å². The van der Waals surface area contributed by atoms with Crippen LogP contribution in [0.4, 0.5) is 0 Å². The molecule has 17 heteroatoms. The molecule has 0 aromatic carbocycles. The first kappa shape index (κ1) is 37.9. The van der Waals surface area contributed by atoms with Crippen molar-refractivity contribution in [1.29, 1.82) is 0 Å². The fourth-order valence-corrected chi connectivity index (χ4v) is 5.21. The van der Waals surface area contributed by atoms with Crippen LogP contribution >= 0.6 is 0 Å². The first-order valence-corrected chi connectivity index (χ1v) is 15.8. The maximum atomic E-state index is 13.9. The summed E-state index contributed by atoms with van der Waals surface area (Å²) in [6.07, 6.45) is 6.45. The van der Waals surface area contributed by atoms with E-state index in [-0.39, 0.29) is 31.3 Å². The lowest BCUT2D eigenvalue weighted by molar-refractivity contribution is -0.145. The molecular weight excluding hydrogens is 598 g/mol. The van der Waals surface area contributed by atoms with Crippen LogP contribution < -0.4 is 38.9 Å². The molecule has 1 aromatic rings. The van der Waals surface area contributed by atoms with Crippen molar-refractivity contribution in [3.63, 3.8) is 0 Å². The lowest BCUT2D eigenvalue weighted by atomic mass is 9.96. The number of amides is 4. The number of guanidine groups is 1. The van der Waals surface area contributed by atoms with E-state index in [9.17, 15) is 29.1 Å². The van der Waals surface area contributed by atoms with Crippen LogP contribution in [0.5, 0.6) is 0 Å². The Morgan fingerprint density at radius 3 is 2.43 bits per heavy atom. The number of unbranched alkanes of at least 4 members (excludes halogenated alkanes) is 1. The van der Waals surface area contributed by atoms with Gasteiger partial charge in [0.05, 0.1) is 12.4 Å². The van der Waals surface area contributed by atoms with Gasteiger partial charge in [0, 0.05) is 31.4 Å². The van der Waals surface area contributed by atoms with Gasteiger partial charge in [0.1, 0.15) is 24.2 Å². The molecule has 0 aliphatic carbocycles. The summed E-state index contributed by atoms with van der Waals surface area (Å²) in [5, 5.41) is 17.8. The minimum atomic E-state index is -1.23. The van der Waals surface area contributed by atoms with Crippen molar-refractivity contribution >= 4 is 35.6 Å². The minimum Gasteiger partial charge on any atom is -0.480 e. The van der Waals surface area contributed by atoms with Crippen LogP contribution in [0, 0.1) is 5.92 Å². The second-order valence-electron chi connectivity index (χ2n) is 11.6. The number of aromatic nitrogens is 2. The van der Waals surface area contributed by atoms with E-state index in [2.05, 4.69) is 30.9 Å². The van der Waals surface area contributed by atoms with Crippen LogP contribution in [0.2, 0.25) is 0 Å². The van der Waals surface area contributed by atoms with E-state index in [1.54, 1.807) is 0 Å². The van der Waals surface area contributed by atoms with E-state index in [0.29, 0.717) is 63.7 Å². The molecule has 0 radical (unpaired) electrons. The number of hydrogen-bond donors (Lipinski definition) is 9. The normalized spacial score (nSPS) is 17.7.